The van der Waals surface area contributed by atoms with Gasteiger partial charge < -0.3 is 19.9 Å². The number of hydrogen-bond donors (Lipinski definition) is 3. The molecule has 3 N–H and O–H groups in total. The summed E-state index contributed by atoms with van der Waals surface area (Å²) in [5.41, 5.74) is 0. The van der Waals surface area contributed by atoms with E-state index < -0.39 is 11.9 Å². The van der Waals surface area contributed by atoms with Crippen molar-refractivity contribution in [3.8, 4) is 0 Å². The van der Waals surface area contributed by atoms with Gasteiger partial charge in [0.1, 0.15) is 18.9 Å². The summed E-state index contributed by atoms with van der Waals surface area (Å²) >= 11 is 0. The van der Waals surface area contributed by atoms with Crippen LogP contribution in [0.1, 0.15) is 5.82 Å². The predicted octanol–water partition coefficient (Wildman–Crippen LogP) is -1.72. The molecule has 9 heteroatoms. The van der Waals surface area contributed by atoms with E-state index in [1.165, 1.54) is 4.90 Å². The number of aliphatic hydroxyl groups is 1. The second-order valence-electron chi connectivity index (χ2n) is 4.28. The Morgan fingerprint density at radius 1 is 1.50 bits per heavy atom. The number of H-pyrrole nitrogens is 1. The number of carbonyl (C=O) groups is 3. The Labute approximate surface area is 114 Å². The first-order valence-electron chi connectivity index (χ1n) is 6.06. The van der Waals surface area contributed by atoms with Gasteiger partial charge in [-0.1, -0.05) is 0 Å². The van der Waals surface area contributed by atoms with Gasteiger partial charge in [0.05, 0.1) is 13.2 Å². The molecule has 0 aromatic carbocycles. The normalized spacial score (nSPS) is 14.6. The molecule has 0 unspecified atom stereocenters. The van der Waals surface area contributed by atoms with Crippen LogP contribution in [-0.2, 0) is 16.1 Å². The van der Waals surface area contributed by atoms with Crippen molar-refractivity contribution in [3.05, 3.63) is 18.2 Å². The Morgan fingerprint density at radius 2 is 2.30 bits per heavy atom. The van der Waals surface area contributed by atoms with Gasteiger partial charge >= 0.3 is 6.03 Å². The molecule has 0 radical (unpaired) electrons. The molecule has 1 aliphatic heterocycles. The lowest BCUT2D eigenvalue weighted by molar-refractivity contribution is -0.133. The second kappa shape index (κ2) is 6.15. The number of amides is 4. The standard InChI is InChI=1S/C11H15N5O4/c17-4-3-15(5-8-12-1-2-13-8)10(19)7-16-6-9(18)14-11(16)20/h1-2,17H,3-7H2,(H,12,13)(H,14,18,20). The largest absolute Gasteiger partial charge is 0.395 e. The molecule has 0 spiro atoms. The van der Waals surface area contributed by atoms with Crippen LogP contribution in [0.25, 0.3) is 0 Å². The minimum Gasteiger partial charge on any atom is -0.395 e. The molecule has 2 heterocycles. The van der Waals surface area contributed by atoms with Crippen LogP contribution < -0.4 is 5.32 Å². The molecule has 20 heavy (non-hydrogen) atoms. The lowest BCUT2D eigenvalue weighted by atomic mass is 10.4. The van der Waals surface area contributed by atoms with E-state index in [0.29, 0.717) is 5.82 Å². The van der Waals surface area contributed by atoms with Crippen LogP contribution in [0.5, 0.6) is 0 Å². The third kappa shape index (κ3) is 3.32. The molecule has 0 aliphatic carbocycles. The molecule has 9 nitrogen and oxygen atoms in total. The molecule has 0 bridgehead atoms. The monoisotopic (exact) mass is 281 g/mol. The van der Waals surface area contributed by atoms with E-state index in [1.807, 2.05) is 0 Å². The molecular weight excluding hydrogens is 266 g/mol. The number of urea groups is 1. The summed E-state index contributed by atoms with van der Waals surface area (Å²) in [6.45, 7) is -0.202. The third-order valence-corrected chi connectivity index (χ3v) is 2.81. The van der Waals surface area contributed by atoms with E-state index in [1.54, 1.807) is 12.4 Å². The number of hydrogen-bond acceptors (Lipinski definition) is 5. The quantitative estimate of drug-likeness (QED) is 0.536. The summed E-state index contributed by atoms with van der Waals surface area (Å²) in [6.07, 6.45) is 3.19. The van der Waals surface area contributed by atoms with E-state index in [-0.39, 0.29) is 38.7 Å². The molecule has 4 amide bonds. The van der Waals surface area contributed by atoms with Crippen molar-refractivity contribution in [1.82, 2.24) is 25.1 Å². The zero-order valence-corrected chi connectivity index (χ0v) is 10.7. The van der Waals surface area contributed by atoms with Gasteiger partial charge in [-0.25, -0.2) is 9.78 Å². The molecule has 1 aliphatic rings. The van der Waals surface area contributed by atoms with E-state index in [9.17, 15) is 14.4 Å². The van der Waals surface area contributed by atoms with Crippen molar-refractivity contribution in [3.63, 3.8) is 0 Å². The number of aromatic nitrogens is 2. The highest BCUT2D eigenvalue weighted by molar-refractivity contribution is 6.03. The van der Waals surface area contributed by atoms with E-state index in [2.05, 4.69) is 15.3 Å². The molecule has 1 aromatic heterocycles. The highest BCUT2D eigenvalue weighted by Gasteiger charge is 2.29. The summed E-state index contributed by atoms with van der Waals surface area (Å²) in [4.78, 5) is 43.9. The average Bonchev–Trinajstić information content (AvgIpc) is 2.99. The minimum absolute atomic E-state index is 0.127. The lowest BCUT2D eigenvalue weighted by Gasteiger charge is -2.23. The van der Waals surface area contributed by atoms with Crippen LogP contribution in [0.3, 0.4) is 0 Å². The Kier molecular flexibility index (Phi) is 4.31. The zero-order valence-electron chi connectivity index (χ0n) is 10.7. The van der Waals surface area contributed by atoms with Gasteiger partial charge in [0, 0.05) is 18.9 Å². The maximum Gasteiger partial charge on any atom is 0.325 e. The maximum absolute atomic E-state index is 12.1. The second-order valence-corrected chi connectivity index (χ2v) is 4.28. The first-order chi connectivity index (χ1) is 9.60. The summed E-state index contributed by atoms with van der Waals surface area (Å²) in [5.74, 6) is -0.211. The van der Waals surface area contributed by atoms with Crippen molar-refractivity contribution in [2.45, 2.75) is 6.54 Å². The number of nitrogens with one attached hydrogen (secondary N) is 2. The molecular formula is C11H15N5O4. The van der Waals surface area contributed by atoms with Crippen LogP contribution in [-0.4, -0.2) is 69.0 Å². The molecule has 0 atom stereocenters. The SMILES string of the molecule is O=C1CN(CC(=O)N(CCO)Cc2ncc[nH]2)C(=O)N1. The first-order valence-corrected chi connectivity index (χ1v) is 6.06. The predicted molar refractivity (Wildman–Crippen MR) is 66.2 cm³/mol. The van der Waals surface area contributed by atoms with E-state index in [0.717, 1.165) is 4.90 Å². The van der Waals surface area contributed by atoms with Crippen molar-refractivity contribution < 1.29 is 19.5 Å². The van der Waals surface area contributed by atoms with E-state index in [4.69, 9.17) is 5.11 Å². The van der Waals surface area contributed by atoms with Gasteiger partial charge in [-0.2, -0.15) is 0 Å². The van der Waals surface area contributed by atoms with Crippen molar-refractivity contribution in [1.29, 1.82) is 0 Å². The summed E-state index contributed by atoms with van der Waals surface area (Å²) in [6, 6.07) is -0.578. The first kappa shape index (κ1) is 14.0. The lowest BCUT2D eigenvalue weighted by Crippen LogP contribution is -2.42. The molecule has 1 aromatic rings. The number of aromatic amines is 1. The summed E-state index contributed by atoms with van der Waals surface area (Å²) in [7, 11) is 0. The fourth-order valence-electron chi connectivity index (χ4n) is 1.85. The average molecular weight is 281 g/mol. The van der Waals surface area contributed by atoms with Gasteiger partial charge in [0.2, 0.25) is 11.8 Å². The third-order valence-electron chi connectivity index (χ3n) is 2.81. The van der Waals surface area contributed by atoms with Gasteiger partial charge in [0.25, 0.3) is 0 Å². The Bertz CT molecular complexity index is 501. The summed E-state index contributed by atoms with van der Waals surface area (Å²) < 4.78 is 0. The Morgan fingerprint density at radius 3 is 2.85 bits per heavy atom. The highest BCUT2D eigenvalue weighted by atomic mass is 16.3. The van der Waals surface area contributed by atoms with Crippen LogP contribution in [0.2, 0.25) is 0 Å². The molecule has 0 saturated carbocycles. The fraction of sp³-hybridized carbons (Fsp3) is 0.455. The van der Waals surface area contributed by atoms with Gasteiger partial charge in [-0.05, 0) is 0 Å². The zero-order chi connectivity index (χ0) is 14.5. The van der Waals surface area contributed by atoms with Crippen molar-refractivity contribution in [2.75, 3.05) is 26.2 Å². The van der Waals surface area contributed by atoms with Crippen molar-refractivity contribution in [2.24, 2.45) is 0 Å². The van der Waals surface area contributed by atoms with Crippen molar-refractivity contribution >= 4 is 17.8 Å². The van der Waals surface area contributed by atoms with Gasteiger partial charge in [-0.15, -0.1) is 0 Å². The Hall–Kier alpha value is -2.42. The Balaban J connectivity index is 1.96. The molecule has 2 rings (SSSR count). The molecule has 108 valence electrons. The maximum atomic E-state index is 12.1. The number of nitrogens with zero attached hydrogens (tertiary/aromatic N) is 3. The number of imide groups is 1. The summed E-state index contributed by atoms with van der Waals surface area (Å²) in [5, 5.41) is 11.1. The fourth-order valence-corrected chi connectivity index (χ4v) is 1.85. The number of imidazole rings is 1. The van der Waals surface area contributed by atoms with Crippen LogP contribution >= 0.6 is 0 Å². The van der Waals surface area contributed by atoms with Crippen LogP contribution in [0, 0.1) is 0 Å². The highest BCUT2D eigenvalue weighted by Crippen LogP contribution is 2.03. The van der Waals surface area contributed by atoms with Gasteiger partial charge in [0.15, 0.2) is 0 Å². The molecule has 1 fully saturated rings. The number of carbonyl (C=O) groups excluding carboxylic acids is 3. The minimum atomic E-state index is -0.578. The van der Waals surface area contributed by atoms with Gasteiger partial charge in [-0.3, -0.25) is 14.9 Å². The van der Waals surface area contributed by atoms with Crippen LogP contribution in [0.15, 0.2) is 12.4 Å². The number of aliphatic hydroxyl groups excluding tert-OH is 1. The molecule has 1 saturated heterocycles. The van der Waals surface area contributed by atoms with Crippen LogP contribution in [0.4, 0.5) is 4.79 Å². The number of rotatable bonds is 6. The van der Waals surface area contributed by atoms with E-state index >= 15 is 0 Å². The smallest absolute Gasteiger partial charge is 0.325 e. The topological polar surface area (TPSA) is 119 Å².